The number of hydrogen-bond donors (Lipinski definition) is 1. The lowest BCUT2D eigenvalue weighted by Crippen LogP contribution is -2.35. The van der Waals surface area contributed by atoms with Crippen molar-refractivity contribution < 1.29 is 0 Å². The molecule has 0 radical (unpaired) electrons. The van der Waals surface area contributed by atoms with Crippen molar-refractivity contribution in [1.82, 2.24) is 14.5 Å². The van der Waals surface area contributed by atoms with Gasteiger partial charge in [-0.15, -0.1) is 0 Å². The van der Waals surface area contributed by atoms with Gasteiger partial charge in [-0.05, 0) is 62.6 Å². The highest BCUT2D eigenvalue weighted by Gasteiger charge is 2.22. The molecule has 20 heavy (non-hydrogen) atoms. The van der Waals surface area contributed by atoms with Gasteiger partial charge in [0.1, 0.15) is 0 Å². The van der Waals surface area contributed by atoms with Crippen LogP contribution in [0.3, 0.4) is 0 Å². The molecular formula is C16H23N3S. The number of nitrogens with one attached hydrogen (secondary N) is 1. The molecule has 3 nitrogen and oxygen atoms in total. The number of fused-ring (bicyclic) bond motifs is 1. The maximum absolute atomic E-state index is 5.55. The molecule has 1 N–H and O–H groups in total. The Balaban J connectivity index is 1.89. The number of piperidine rings is 1. The number of aryl methyl sites for hydroxylation is 1. The summed E-state index contributed by atoms with van der Waals surface area (Å²) in [5.74, 6) is 0. The summed E-state index contributed by atoms with van der Waals surface area (Å²) >= 11 is 5.55. The van der Waals surface area contributed by atoms with Crippen molar-refractivity contribution in [2.24, 2.45) is 0 Å². The van der Waals surface area contributed by atoms with E-state index in [1.54, 1.807) is 0 Å². The molecule has 1 aliphatic heterocycles. The second-order valence-corrected chi connectivity index (χ2v) is 6.28. The number of likely N-dealkylation sites (tertiary alicyclic amines) is 1. The maximum atomic E-state index is 5.55. The number of imidazole rings is 1. The molecule has 0 bridgehead atoms. The Kier molecular flexibility index (Phi) is 3.94. The lowest BCUT2D eigenvalue weighted by molar-refractivity contribution is 0.188. The average Bonchev–Trinajstić information content (AvgIpc) is 2.76. The predicted octanol–water partition coefficient (Wildman–Crippen LogP) is 4.05. The Morgan fingerprint density at radius 3 is 2.75 bits per heavy atom. The predicted molar refractivity (Wildman–Crippen MR) is 86.9 cm³/mol. The lowest BCUT2D eigenvalue weighted by Gasteiger charge is -2.32. The molecule has 1 aromatic carbocycles. The molecule has 0 unspecified atom stereocenters. The van der Waals surface area contributed by atoms with E-state index in [4.69, 9.17) is 12.2 Å². The van der Waals surface area contributed by atoms with E-state index in [9.17, 15) is 0 Å². The maximum Gasteiger partial charge on any atom is 0.178 e. The van der Waals surface area contributed by atoms with Gasteiger partial charge < -0.3 is 14.5 Å². The third kappa shape index (κ3) is 2.54. The van der Waals surface area contributed by atoms with E-state index < -0.39 is 0 Å². The van der Waals surface area contributed by atoms with E-state index in [1.807, 2.05) is 0 Å². The standard InChI is InChI=1S/C16H23N3S/c1-3-8-18-9-6-13(7-10-18)19-15-11-12(2)4-5-14(15)17-16(19)20/h4-5,11,13H,3,6-10H2,1-2H3,(H,17,20). The van der Waals surface area contributed by atoms with Crippen LogP contribution < -0.4 is 0 Å². The Hall–Kier alpha value is -1.13. The monoisotopic (exact) mass is 289 g/mol. The Morgan fingerprint density at radius 1 is 1.30 bits per heavy atom. The number of nitrogens with zero attached hydrogens (tertiary/aromatic N) is 2. The molecule has 108 valence electrons. The van der Waals surface area contributed by atoms with Gasteiger partial charge in [0, 0.05) is 19.1 Å². The molecule has 0 aliphatic carbocycles. The van der Waals surface area contributed by atoms with Crippen molar-refractivity contribution in [3.8, 4) is 0 Å². The van der Waals surface area contributed by atoms with Crippen LogP contribution in [0.1, 0.15) is 37.8 Å². The fraction of sp³-hybridized carbons (Fsp3) is 0.562. The lowest BCUT2D eigenvalue weighted by atomic mass is 10.0. The molecule has 0 saturated carbocycles. The van der Waals surface area contributed by atoms with E-state index in [-0.39, 0.29) is 0 Å². The van der Waals surface area contributed by atoms with Crippen molar-refractivity contribution in [1.29, 1.82) is 0 Å². The average molecular weight is 289 g/mol. The van der Waals surface area contributed by atoms with Gasteiger partial charge in [-0.25, -0.2) is 0 Å². The van der Waals surface area contributed by atoms with Crippen LogP contribution in [-0.4, -0.2) is 34.1 Å². The van der Waals surface area contributed by atoms with Crippen LogP contribution in [-0.2, 0) is 0 Å². The van der Waals surface area contributed by atoms with Gasteiger partial charge in [0.25, 0.3) is 0 Å². The van der Waals surface area contributed by atoms with E-state index in [0.29, 0.717) is 6.04 Å². The van der Waals surface area contributed by atoms with Gasteiger partial charge in [0.15, 0.2) is 4.77 Å². The van der Waals surface area contributed by atoms with E-state index in [1.165, 1.54) is 50.0 Å². The highest BCUT2D eigenvalue weighted by atomic mass is 32.1. The van der Waals surface area contributed by atoms with Gasteiger partial charge >= 0.3 is 0 Å². The Morgan fingerprint density at radius 2 is 2.05 bits per heavy atom. The molecule has 2 heterocycles. The number of benzene rings is 1. The highest BCUT2D eigenvalue weighted by Crippen LogP contribution is 2.28. The first kappa shape index (κ1) is 13.8. The number of aromatic amines is 1. The summed E-state index contributed by atoms with van der Waals surface area (Å²) in [5, 5.41) is 0. The second kappa shape index (κ2) is 5.70. The first-order valence-electron chi connectivity index (χ1n) is 7.62. The van der Waals surface area contributed by atoms with E-state index in [0.717, 1.165) is 10.3 Å². The zero-order chi connectivity index (χ0) is 14.1. The summed E-state index contributed by atoms with van der Waals surface area (Å²) in [7, 11) is 0. The van der Waals surface area contributed by atoms with Gasteiger partial charge in [-0.2, -0.15) is 0 Å². The van der Waals surface area contributed by atoms with Crippen LogP contribution in [0.2, 0.25) is 0 Å². The summed E-state index contributed by atoms with van der Waals surface area (Å²) in [6, 6.07) is 7.08. The van der Waals surface area contributed by atoms with Crippen LogP contribution in [0.25, 0.3) is 11.0 Å². The zero-order valence-electron chi connectivity index (χ0n) is 12.4. The number of H-pyrrole nitrogens is 1. The molecule has 1 fully saturated rings. The highest BCUT2D eigenvalue weighted by molar-refractivity contribution is 7.71. The topological polar surface area (TPSA) is 24.0 Å². The molecule has 1 aliphatic rings. The zero-order valence-corrected chi connectivity index (χ0v) is 13.2. The molecule has 0 spiro atoms. The van der Waals surface area contributed by atoms with Gasteiger partial charge in [0.2, 0.25) is 0 Å². The summed E-state index contributed by atoms with van der Waals surface area (Å²) in [6.45, 7) is 8.01. The third-order valence-corrected chi connectivity index (χ3v) is 4.63. The number of aromatic nitrogens is 2. The Labute approximate surface area is 125 Å². The molecule has 2 aromatic rings. The Bertz CT molecular complexity index is 647. The molecule has 1 aromatic heterocycles. The fourth-order valence-electron chi connectivity index (χ4n) is 3.31. The molecular weight excluding hydrogens is 266 g/mol. The van der Waals surface area contributed by atoms with Gasteiger partial charge in [0.05, 0.1) is 11.0 Å². The van der Waals surface area contributed by atoms with Crippen LogP contribution in [0.15, 0.2) is 18.2 Å². The SMILES string of the molecule is CCCN1CCC(n2c(=S)[nH]c3ccc(C)cc32)CC1. The van der Waals surface area contributed by atoms with E-state index in [2.05, 4.69) is 46.5 Å². The van der Waals surface area contributed by atoms with E-state index >= 15 is 0 Å². The summed E-state index contributed by atoms with van der Waals surface area (Å²) in [6.07, 6.45) is 3.65. The van der Waals surface area contributed by atoms with Crippen molar-refractivity contribution in [2.45, 2.75) is 39.2 Å². The molecule has 4 heteroatoms. The summed E-state index contributed by atoms with van der Waals surface area (Å²) in [4.78, 5) is 5.92. The van der Waals surface area contributed by atoms with Crippen molar-refractivity contribution in [2.75, 3.05) is 19.6 Å². The minimum absolute atomic E-state index is 0.547. The van der Waals surface area contributed by atoms with Crippen molar-refractivity contribution >= 4 is 23.3 Å². The third-order valence-electron chi connectivity index (χ3n) is 4.34. The molecule has 1 saturated heterocycles. The van der Waals surface area contributed by atoms with Crippen LogP contribution >= 0.6 is 12.2 Å². The first-order valence-corrected chi connectivity index (χ1v) is 8.03. The van der Waals surface area contributed by atoms with Crippen LogP contribution in [0.5, 0.6) is 0 Å². The fourth-order valence-corrected chi connectivity index (χ4v) is 3.67. The second-order valence-electron chi connectivity index (χ2n) is 5.89. The molecule has 3 rings (SSSR count). The summed E-state index contributed by atoms with van der Waals surface area (Å²) in [5.41, 5.74) is 3.73. The largest absolute Gasteiger partial charge is 0.331 e. The number of hydrogen-bond acceptors (Lipinski definition) is 2. The van der Waals surface area contributed by atoms with Crippen molar-refractivity contribution in [3.05, 3.63) is 28.5 Å². The van der Waals surface area contributed by atoms with Gasteiger partial charge in [-0.1, -0.05) is 13.0 Å². The quantitative estimate of drug-likeness (QED) is 0.862. The first-order chi connectivity index (χ1) is 9.69. The number of rotatable bonds is 3. The normalized spacial score (nSPS) is 17.9. The minimum atomic E-state index is 0.547. The summed E-state index contributed by atoms with van der Waals surface area (Å²) < 4.78 is 3.22. The van der Waals surface area contributed by atoms with Gasteiger partial charge in [-0.3, -0.25) is 0 Å². The van der Waals surface area contributed by atoms with Crippen LogP contribution in [0.4, 0.5) is 0 Å². The smallest absolute Gasteiger partial charge is 0.178 e. The molecule has 0 atom stereocenters. The molecule has 0 amide bonds. The van der Waals surface area contributed by atoms with Crippen molar-refractivity contribution in [3.63, 3.8) is 0 Å². The minimum Gasteiger partial charge on any atom is -0.331 e. The van der Waals surface area contributed by atoms with Crippen LogP contribution in [0, 0.1) is 11.7 Å².